The van der Waals surface area contributed by atoms with Gasteiger partial charge in [0.2, 0.25) is 15.9 Å². The molecule has 0 heterocycles. The molecule has 0 aliphatic carbocycles. The topological polar surface area (TPSA) is 159 Å². The van der Waals surface area contributed by atoms with Crippen LogP contribution < -0.4 is 20.7 Å². The molecule has 0 radical (unpaired) electrons. The fourth-order valence-electron chi connectivity index (χ4n) is 3.32. The number of alkyl halides is 2. The van der Waals surface area contributed by atoms with Gasteiger partial charge in [-0.3, -0.25) is 9.59 Å². The first-order chi connectivity index (χ1) is 17.4. The Bertz CT molecular complexity index is 1170. The molecule has 2 unspecified atom stereocenters. The van der Waals surface area contributed by atoms with Crippen molar-refractivity contribution in [2.45, 2.75) is 43.2 Å². The Labute approximate surface area is 227 Å². The number of hydrogen-bond acceptors (Lipinski definition) is 7. The number of carboxylic acids is 1. The van der Waals surface area contributed by atoms with Crippen LogP contribution in [-0.4, -0.2) is 75.7 Å². The molecular weight excluding hydrogens is 543 g/mol. The van der Waals surface area contributed by atoms with Crippen molar-refractivity contribution in [3.05, 3.63) is 36.4 Å². The summed E-state index contributed by atoms with van der Waals surface area (Å²) in [6.45, 7) is 1.80. The molecule has 1 amide bonds. The lowest BCUT2D eigenvalue weighted by molar-refractivity contribution is -0.142. The van der Waals surface area contributed by atoms with Crippen LogP contribution in [0.5, 0.6) is 0 Å². The van der Waals surface area contributed by atoms with Crippen LogP contribution in [0.3, 0.4) is 0 Å². The largest absolute Gasteiger partial charge is 0.480 e. The highest BCUT2D eigenvalue weighted by molar-refractivity contribution is 7.89. The number of nitrogens with zero attached hydrogens (tertiary/aromatic N) is 1. The number of hydrogen-bond donors (Lipinski definition) is 4. The zero-order chi connectivity index (χ0) is 28.2. The smallest absolute Gasteiger partial charge is 0.326 e. The molecule has 2 atom stereocenters. The molecule has 0 fully saturated rings. The summed E-state index contributed by atoms with van der Waals surface area (Å²) in [4.78, 5) is 35.7. The molecule has 2 aromatic rings. The standard InChI is InChI=1S/C21H30N4O5S.C3H4Cl2O/c1-14(20(26)23-17(21(27)28)10-4-5-13-22)24-31(29,30)19-12-7-8-15-16(19)9-6-11-18(15)25(2)3;4-1-3(6)2-5/h6-9,11-12,14,17,24H,4-5,10,13,22H2,1-3H3,(H,23,26)(H,27,28);1-2H2. The number of carboxylic acid groups (broad SMARTS) is 1. The minimum Gasteiger partial charge on any atom is -0.480 e. The number of aliphatic carboxylic acids is 1. The number of sulfonamides is 1. The van der Waals surface area contributed by atoms with Crippen molar-refractivity contribution in [2.24, 2.45) is 5.73 Å². The highest BCUT2D eigenvalue weighted by Gasteiger charge is 2.27. The van der Waals surface area contributed by atoms with Crippen LogP contribution in [0, 0.1) is 0 Å². The number of carbonyl (C=O) groups is 3. The molecule has 2 rings (SSSR count). The molecule has 0 aliphatic heterocycles. The van der Waals surface area contributed by atoms with Crippen LogP contribution in [0.2, 0.25) is 0 Å². The normalized spacial score (nSPS) is 12.7. The summed E-state index contributed by atoms with van der Waals surface area (Å²) in [6, 6.07) is 8.05. The van der Waals surface area contributed by atoms with Crippen molar-refractivity contribution in [3.63, 3.8) is 0 Å². The van der Waals surface area contributed by atoms with Crippen molar-refractivity contribution in [2.75, 3.05) is 37.3 Å². The number of anilines is 1. The van der Waals surface area contributed by atoms with E-state index in [-0.39, 0.29) is 28.9 Å². The predicted octanol–water partition coefficient (Wildman–Crippen LogP) is 2.30. The van der Waals surface area contributed by atoms with Gasteiger partial charge in [0.25, 0.3) is 0 Å². The van der Waals surface area contributed by atoms with E-state index in [1.165, 1.54) is 13.0 Å². The fraction of sp³-hybridized carbons (Fsp3) is 0.458. The summed E-state index contributed by atoms with van der Waals surface area (Å²) < 4.78 is 28.4. The van der Waals surface area contributed by atoms with Crippen molar-refractivity contribution in [1.82, 2.24) is 10.0 Å². The Balaban J connectivity index is 0.00000102. The molecule has 10 nitrogen and oxygen atoms in total. The maximum Gasteiger partial charge on any atom is 0.326 e. The van der Waals surface area contributed by atoms with Crippen LogP contribution in [-0.2, 0) is 24.4 Å². The van der Waals surface area contributed by atoms with E-state index in [0.29, 0.717) is 24.8 Å². The summed E-state index contributed by atoms with van der Waals surface area (Å²) >= 11 is 10.0. The Morgan fingerprint density at radius 2 is 1.62 bits per heavy atom. The third kappa shape index (κ3) is 10.1. The van der Waals surface area contributed by atoms with Gasteiger partial charge in [-0.15, -0.1) is 23.2 Å². The molecule has 206 valence electrons. The monoisotopic (exact) mass is 576 g/mol. The minimum absolute atomic E-state index is 0.0312. The number of carbonyl (C=O) groups excluding carboxylic acids is 2. The maximum absolute atomic E-state index is 13.0. The van der Waals surface area contributed by atoms with E-state index in [0.717, 1.165) is 11.1 Å². The average Bonchev–Trinajstić information content (AvgIpc) is 2.86. The van der Waals surface area contributed by atoms with E-state index >= 15 is 0 Å². The van der Waals surface area contributed by atoms with Gasteiger partial charge in [-0.25, -0.2) is 13.2 Å². The van der Waals surface area contributed by atoms with Gasteiger partial charge in [-0.1, -0.05) is 24.3 Å². The second kappa shape index (κ2) is 15.7. The number of Topliss-reactive ketones (excluding diaryl/α,β-unsaturated/α-hetero) is 1. The molecule has 0 saturated heterocycles. The van der Waals surface area contributed by atoms with E-state index in [1.807, 2.05) is 31.1 Å². The van der Waals surface area contributed by atoms with Gasteiger partial charge in [0.05, 0.1) is 22.7 Å². The number of ketones is 1. The van der Waals surface area contributed by atoms with Gasteiger partial charge in [0.15, 0.2) is 5.78 Å². The Morgan fingerprint density at radius 1 is 1.03 bits per heavy atom. The second-order valence-corrected chi connectivity index (χ2v) is 10.6. The Kier molecular flexibility index (Phi) is 13.9. The summed E-state index contributed by atoms with van der Waals surface area (Å²) in [7, 11) is -0.308. The van der Waals surface area contributed by atoms with Gasteiger partial charge < -0.3 is 21.1 Å². The first-order valence-electron chi connectivity index (χ1n) is 11.5. The molecule has 5 N–H and O–H groups in total. The number of halogens is 2. The van der Waals surface area contributed by atoms with Crippen LogP contribution in [0.4, 0.5) is 5.69 Å². The van der Waals surface area contributed by atoms with Crippen LogP contribution in [0.25, 0.3) is 10.8 Å². The molecule has 0 spiro atoms. The molecule has 0 saturated carbocycles. The number of fused-ring (bicyclic) bond motifs is 1. The van der Waals surface area contributed by atoms with E-state index < -0.39 is 34.0 Å². The predicted molar refractivity (Wildman–Crippen MR) is 147 cm³/mol. The highest BCUT2D eigenvalue weighted by atomic mass is 35.5. The number of rotatable bonds is 13. The fourth-order valence-corrected chi connectivity index (χ4v) is 5.03. The number of benzene rings is 2. The van der Waals surface area contributed by atoms with Gasteiger partial charge in [-0.2, -0.15) is 4.72 Å². The Hall–Kier alpha value is -2.44. The molecule has 0 bridgehead atoms. The van der Waals surface area contributed by atoms with Gasteiger partial charge >= 0.3 is 5.97 Å². The van der Waals surface area contributed by atoms with Gasteiger partial charge in [0.1, 0.15) is 6.04 Å². The maximum atomic E-state index is 13.0. The number of nitrogens with two attached hydrogens (primary N) is 1. The zero-order valence-electron chi connectivity index (χ0n) is 21.0. The first-order valence-corrected chi connectivity index (χ1v) is 14.0. The zero-order valence-corrected chi connectivity index (χ0v) is 23.4. The lowest BCUT2D eigenvalue weighted by Crippen LogP contribution is -2.50. The molecule has 0 aromatic heterocycles. The third-order valence-corrected chi connectivity index (χ3v) is 7.41. The minimum atomic E-state index is -4.04. The molecule has 0 aliphatic rings. The van der Waals surface area contributed by atoms with Crippen molar-refractivity contribution in [1.29, 1.82) is 0 Å². The number of unbranched alkanes of at least 4 members (excludes halogenated alkanes) is 1. The SMILES string of the molecule is CC(NS(=O)(=O)c1cccc2c(N(C)C)cccc12)C(=O)NC(CCCCN)C(=O)O.O=C(CCl)CCl. The summed E-state index contributed by atoms with van der Waals surface area (Å²) in [5.41, 5.74) is 6.28. The average molecular weight is 578 g/mol. The van der Waals surface area contributed by atoms with Crippen molar-refractivity contribution < 1.29 is 27.9 Å². The van der Waals surface area contributed by atoms with E-state index in [1.54, 1.807) is 18.2 Å². The molecular formula is C24H34Cl2N4O6S. The van der Waals surface area contributed by atoms with Crippen molar-refractivity contribution >= 4 is 67.3 Å². The van der Waals surface area contributed by atoms with E-state index in [9.17, 15) is 27.9 Å². The van der Waals surface area contributed by atoms with Gasteiger partial charge in [0, 0.05) is 30.6 Å². The van der Waals surface area contributed by atoms with Crippen LogP contribution in [0.15, 0.2) is 41.3 Å². The van der Waals surface area contributed by atoms with Crippen LogP contribution in [0.1, 0.15) is 26.2 Å². The summed E-state index contributed by atoms with van der Waals surface area (Å²) in [5, 5.41) is 13.0. The van der Waals surface area contributed by atoms with Crippen LogP contribution >= 0.6 is 23.2 Å². The molecule has 2 aromatic carbocycles. The quantitative estimate of drug-likeness (QED) is 0.209. The summed E-state index contributed by atoms with van der Waals surface area (Å²) in [5.74, 6) is -1.95. The van der Waals surface area contributed by atoms with E-state index in [4.69, 9.17) is 28.9 Å². The lowest BCUT2D eigenvalue weighted by atomic mass is 10.1. The van der Waals surface area contributed by atoms with E-state index in [2.05, 4.69) is 10.0 Å². The first kappa shape index (κ1) is 32.6. The molecule has 13 heteroatoms. The molecule has 37 heavy (non-hydrogen) atoms. The van der Waals surface area contributed by atoms with Crippen molar-refractivity contribution in [3.8, 4) is 0 Å². The second-order valence-electron chi connectivity index (χ2n) is 8.36. The van der Waals surface area contributed by atoms with Gasteiger partial charge in [-0.05, 0) is 44.9 Å². The summed E-state index contributed by atoms with van der Waals surface area (Å²) in [6.07, 6.45) is 1.39. The highest BCUT2D eigenvalue weighted by Crippen LogP contribution is 2.30. The number of amides is 1. The lowest BCUT2D eigenvalue weighted by Gasteiger charge is -2.20. The number of nitrogens with one attached hydrogen (secondary N) is 2. The third-order valence-electron chi connectivity index (χ3n) is 5.22. The Morgan fingerprint density at radius 3 is 2.14 bits per heavy atom.